The number of carbonyl (C=O) groups is 1. The molecule has 2 aromatic rings. The van der Waals surface area contributed by atoms with Crippen LogP contribution in [0.3, 0.4) is 0 Å². The standard InChI is InChI=1S/C24H32ClN3O5S/c1-32-22-12-11-21(17-23(22)33-2)34(30,31)28(20-9-7-19(25)8-10-20)18-24(29)26-13-6-16-27-14-4-3-5-15-27/h7-12,17H,3-6,13-16,18H2,1-2H3,(H,26,29). The molecule has 34 heavy (non-hydrogen) atoms. The molecule has 0 radical (unpaired) electrons. The van der Waals surface area contributed by atoms with E-state index in [2.05, 4.69) is 10.2 Å². The fourth-order valence-corrected chi connectivity index (χ4v) is 5.49. The van der Waals surface area contributed by atoms with Crippen molar-refractivity contribution in [2.75, 3.05) is 51.2 Å². The second-order valence-electron chi connectivity index (χ2n) is 8.11. The predicted octanol–water partition coefficient (Wildman–Crippen LogP) is 3.54. The first-order valence-corrected chi connectivity index (χ1v) is 13.2. The van der Waals surface area contributed by atoms with Crippen LogP contribution in [0.5, 0.6) is 11.5 Å². The zero-order chi connectivity index (χ0) is 24.6. The van der Waals surface area contributed by atoms with Gasteiger partial charge in [0.1, 0.15) is 6.54 Å². The molecule has 0 unspecified atom stereocenters. The Labute approximate surface area is 206 Å². The number of benzene rings is 2. The highest BCUT2D eigenvalue weighted by atomic mass is 35.5. The van der Waals surface area contributed by atoms with E-state index in [1.54, 1.807) is 24.3 Å². The number of carbonyl (C=O) groups excluding carboxylic acids is 1. The van der Waals surface area contributed by atoms with Gasteiger partial charge in [-0.15, -0.1) is 0 Å². The molecule has 0 spiro atoms. The number of sulfonamides is 1. The second-order valence-corrected chi connectivity index (χ2v) is 10.4. The number of nitrogens with one attached hydrogen (secondary N) is 1. The quantitative estimate of drug-likeness (QED) is 0.466. The topological polar surface area (TPSA) is 88.2 Å². The number of hydrogen-bond acceptors (Lipinski definition) is 6. The van der Waals surface area contributed by atoms with Crippen LogP contribution in [0.15, 0.2) is 47.4 Å². The number of likely N-dealkylation sites (tertiary alicyclic amines) is 1. The van der Waals surface area contributed by atoms with Gasteiger partial charge in [0, 0.05) is 17.6 Å². The predicted molar refractivity (Wildman–Crippen MR) is 133 cm³/mol. The Hall–Kier alpha value is -2.49. The maximum atomic E-state index is 13.6. The zero-order valence-electron chi connectivity index (χ0n) is 19.6. The highest BCUT2D eigenvalue weighted by Crippen LogP contribution is 2.32. The fourth-order valence-electron chi connectivity index (χ4n) is 3.93. The van der Waals surface area contributed by atoms with Gasteiger partial charge < -0.3 is 19.7 Å². The molecule has 0 bridgehead atoms. The summed E-state index contributed by atoms with van der Waals surface area (Å²) in [5.41, 5.74) is 0.336. The van der Waals surface area contributed by atoms with Gasteiger partial charge in [0.25, 0.3) is 10.0 Å². The van der Waals surface area contributed by atoms with E-state index in [4.69, 9.17) is 21.1 Å². The SMILES string of the molecule is COc1ccc(S(=O)(=O)N(CC(=O)NCCCN2CCCCC2)c2ccc(Cl)cc2)cc1OC. The minimum atomic E-state index is -4.08. The molecule has 1 saturated heterocycles. The summed E-state index contributed by atoms with van der Waals surface area (Å²) in [5, 5.41) is 3.32. The van der Waals surface area contributed by atoms with Crippen molar-refractivity contribution in [2.24, 2.45) is 0 Å². The number of amides is 1. The van der Waals surface area contributed by atoms with E-state index in [1.807, 2.05) is 0 Å². The molecule has 1 aliphatic heterocycles. The lowest BCUT2D eigenvalue weighted by atomic mass is 10.1. The molecule has 186 valence electrons. The first-order valence-electron chi connectivity index (χ1n) is 11.3. The van der Waals surface area contributed by atoms with Crippen LogP contribution in [0.25, 0.3) is 0 Å². The summed E-state index contributed by atoms with van der Waals surface area (Å²) in [5.74, 6) is 0.311. The second kappa shape index (κ2) is 12.3. The normalized spacial score (nSPS) is 14.4. The molecule has 10 heteroatoms. The molecular formula is C24H32ClN3O5S. The van der Waals surface area contributed by atoms with Gasteiger partial charge in [-0.1, -0.05) is 18.0 Å². The van der Waals surface area contributed by atoms with E-state index >= 15 is 0 Å². The Morgan fingerprint density at radius 3 is 2.35 bits per heavy atom. The maximum Gasteiger partial charge on any atom is 0.264 e. The molecule has 1 heterocycles. The third-order valence-corrected chi connectivity index (χ3v) is 7.79. The fraction of sp³-hybridized carbons (Fsp3) is 0.458. The Bertz CT molecular complexity index is 1060. The number of hydrogen-bond donors (Lipinski definition) is 1. The van der Waals surface area contributed by atoms with Crippen molar-refractivity contribution in [1.29, 1.82) is 0 Å². The van der Waals surface area contributed by atoms with Crippen LogP contribution in [0.4, 0.5) is 5.69 Å². The average Bonchev–Trinajstić information content (AvgIpc) is 2.86. The summed E-state index contributed by atoms with van der Waals surface area (Å²) >= 11 is 5.99. The van der Waals surface area contributed by atoms with Gasteiger partial charge in [0.05, 0.1) is 24.8 Å². The lowest BCUT2D eigenvalue weighted by Gasteiger charge is -2.26. The molecule has 2 aromatic carbocycles. The molecule has 0 aliphatic carbocycles. The van der Waals surface area contributed by atoms with E-state index in [-0.39, 0.29) is 23.1 Å². The molecule has 0 saturated carbocycles. The van der Waals surface area contributed by atoms with Crippen LogP contribution in [-0.2, 0) is 14.8 Å². The number of halogens is 1. The molecule has 8 nitrogen and oxygen atoms in total. The largest absolute Gasteiger partial charge is 0.493 e. The van der Waals surface area contributed by atoms with Gasteiger partial charge in [-0.25, -0.2) is 8.42 Å². The van der Waals surface area contributed by atoms with E-state index < -0.39 is 10.0 Å². The van der Waals surface area contributed by atoms with Crippen LogP contribution in [0.2, 0.25) is 5.02 Å². The van der Waals surface area contributed by atoms with Gasteiger partial charge in [0.2, 0.25) is 5.91 Å². The number of rotatable bonds is 11. The molecule has 1 amide bonds. The van der Waals surface area contributed by atoms with Gasteiger partial charge in [-0.3, -0.25) is 9.10 Å². The van der Waals surface area contributed by atoms with E-state index in [0.717, 1.165) is 30.4 Å². The lowest BCUT2D eigenvalue weighted by Crippen LogP contribution is -2.41. The monoisotopic (exact) mass is 509 g/mol. The van der Waals surface area contributed by atoms with Crippen molar-refractivity contribution in [3.63, 3.8) is 0 Å². The van der Waals surface area contributed by atoms with E-state index in [1.165, 1.54) is 51.7 Å². The van der Waals surface area contributed by atoms with Gasteiger partial charge in [-0.2, -0.15) is 0 Å². The first kappa shape index (κ1) is 26.1. The van der Waals surface area contributed by atoms with Gasteiger partial charge >= 0.3 is 0 Å². The summed E-state index contributed by atoms with van der Waals surface area (Å²) in [6.07, 6.45) is 4.53. The van der Waals surface area contributed by atoms with Crippen LogP contribution in [-0.4, -0.2) is 66.2 Å². The van der Waals surface area contributed by atoms with Gasteiger partial charge in [-0.05, 0) is 75.3 Å². The van der Waals surface area contributed by atoms with Crippen molar-refractivity contribution in [3.8, 4) is 11.5 Å². The van der Waals surface area contributed by atoms with Gasteiger partial charge in [0.15, 0.2) is 11.5 Å². The van der Waals surface area contributed by atoms with E-state index in [9.17, 15) is 13.2 Å². The van der Waals surface area contributed by atoms with Crippen LogP contribution >= 0.6 is 11.6 Å². The third-order valence-electron chi connectivity index (χ3n) is 5.77. The minimum Gasteiger partial charge on any atom is -0.493 e. The van der Waals surface area contributed by atoms with Crippen LogP contribution in [0.1, 0.15) is 25.7 Å². The minimum absolute atomic E-state index is 0.0157. The van der Waals surface area contributed by atoms with Crippen molar-refractivity contribution < 1.29 is 22.7 Å². The zero-order valence-corrected chi connectivity index (χ0v) is 21.2. The summed E-state index contributed by atoms with van der Waals surface area (Å²) in [7, 11) is -1.17. The first-order chi connectivity index (χ1) is 16.3. The van der Waals surface area contributed by atoms with Crippen molar-refractivity contribution in [2.45, 2.75) is 30.6 Å². The van der Waals surface area contributed by atoms with E-state index in [0.29, 0.717) is 23.0 Å². The highest BCUT2D eigenvalue weighted by molar-refractivity contribution is 7.92. The number of ether oxygens (including phenoxy) is 2. The average molecular weight is 510 g/mol. The Kier molecular flexibility index (Phi) is 9.44. The summed E-state index contributed by atoms with van der Waals surface area (Å²) in [4.78, 5) is 15.1. The molecule has 3 rings (SSSR count). The Balaban J connectivity index is 1.74. The summed E-state index contributed by atoms with van der Waals surface area (Å²) < 4.78 is 38.7. The lowest BCUT2D eigenvalue weighted by molar-refractivity contribution is -0.119. The van der Waals surface area contributed by atoms with Crippen LogP contribution in [0, 0.1) is 0 Å². The van der Waals surface area contributed by atoms with Crippen molar-refractivity contribution >= 4 is 33.2 Å². The Morgan fingerprint density at radius 2 is 1.71 bits per heavy atom. The molecular weight excluding hydrogens is 478 g/mol. The molecule has 0 atom stereocenters. The number of piperidine rings is 1. The summed E-state index contributed by atoms with van der Waals surface area (Å²) in [6.45, 7) is 3.25. The number of nitrogens with zero attached hydrogens (tertiary/aromatic N) is 2. The smallest absolute Gasteiger partial charge is 0.264 e. The molecule has 1 aliphatic rings. The van der Waals surface area contributed by atoms with Crippen LogP contribution < -0.4 is 19.1 Å². The van der Waals surface area contributed by atoms with Crippen molar-refractivity contribution in [1.82, 2.24) is 10.2 Å². The third kappa shape index (κ3) is 6.77. The number of methoxy groups -OCH3 is 2. The maximum absolute atomic E-state index is 13.6. The molecule has 1 N–H and O–H groups in total. The highest BCUT2D eigenvalue weighted by Gasteiger charge is 2.28. The summed E-state index contributed by atoms with van der Waals surface area (Å²) in [6, 6.07) is 10.7. The molecule has 0 aromatic heterocycles. The van der Waals surface area contributed by atoms with Crippen molar-refractivity contribution in [3.05, 3.63) is 47.5 Å². The number of anilines is 1. The molecule has 1 fully saturated rings. The Morgan fingerprint density at radius 1 is 1.03 bits per heavy atom.